The first-order chi connectivity index (χ1) is 12.2. The van der Waals surface area contributed by atoms with Gasteiger partial charge in [0, 0.05) is 29.3 Å². The highest BCUT2D eigenvalue weighted by Gasteiger charge is 2.11. The molecular formula is C18H12ClN5O. The Morgan fingerprint density at radius 2 is 1.72 bits per heavy atom. The van der Waals surface area contributed by atoms with Gasteiger partial charge in [0.2, 0.25) is 5.95 Å². The number of H-pyrrole nitrogens is 1. The van der Waals surface area contributed by atoms with E-state index < -0.39 is 0 Å². The van der Waals surface area contributed by atoms with Crippen molar-refractivity contribution in [2.45, 2.75) is 0 Å². The number of nitrogens with zero attached hydrogens (tertiary/aromatic N) is 3. The lowest BCUT2D eigenvalue weighted by atomic mass is 10.1. The average molecular weight is 350 g/mol. The summed E-state index contributed by atoms with van der Waals surface area (Å²) in [5, 5.41) is 4.12. The van der Waals surface area contributed by atoms with Gasteiger partial charge in [-0.2, -0.15) is 4.98 Å². The molecule has 0 unspecified atom stereocenters. The molecule has 3 aromatic heterocycles. The van der Waals surface area contributed by atoms with E-state index in [1.165, 1.54) is 0 Å². The van der Waals surface area contributed by atoms with E-state index in [9.17, 15) is 4.79 Å². The van der Waals surface area contributed by atoms with E-state index in [0.717, 1.165) is 16.8 Å². The molecule has 7 heteroatoms. The molecule has 3 heterocycles. The van der Waals surface area contributed by atoms with Gasteiger partial charge in [-0.3, -0.25) is 14.8 Å². The molecule has 0 bridgehead atoms. The molecule has 4 rings (SSSR count). The average Bonchev–Trinajstić information content (AvgIpc) is 2.64. The molecule has 1 aromatic carbocycles. The number of aromatic amines is 1. The highest BCUT2D eigenvalue weighted by molar-refractivity contribution is 6.30. The van der Waals surface area contributed by atoms with Gasteiger partial charge in [0.15, 0.2) is 5.65 Å². The van der Waals surface area contributed by atoms with Crippen LogP contribution in [0, 0.1) is 0 Å². The standard InChI is InChI=1S/C18H12ClN5O/c19-12-1-3-13(4-2-12)22-18-23-16-15(17(25)24-18)14(7-10-21-16)11-5-8-20-9-6-11/h1-10H,(H2,21,22,23,24,25). The van der Waals surface area contributed by atoms with E-state index in [2.05, 4.69) is 25.3 Å². The third kappa shape index (κ3) is 3.07. The highest BCUT2D eigenvalue weighted by Crippen LogP contribution is 2.24. The summed E-state index contributed by atoms with van der Waals surface area (Å²) in [6.07, 6.45) is 5.00. The second kappa shape index (κ2) is 6.33. The minimum atomic E-state index is -0.263. The molecule has 6 nitrogen and oxygen atoms in total. The van der Waals surface area contributed by atoms with Crippen molar-refractivity contribution in [1.82, 2.24) is 19.9 Å². The van der Waals surface area contributed by atoms with Crippen LogP contribution in [0.2, 0.25) is 5.02 Å². The first-order valence-corrected chi connectivity index (χ1v) is 7.90. The van der Waals surface area contributed by atoms with Gasteiger partial charge in [0.1, 0.15) is 0 Å². The van der Waals surface area contributed by atoms with E-state index in [1.54, 1.807) is 48.9 Å². The Bertz CT molecular complexity index is 1090. The predicted octanol–water partition coefficient (Wildman–Crippen LogP) is 3.78. The zero-order valence-corrected chi connectivity index (χ0v) is 13.7. The zero-order chi connectivity index (χ0) is 17.2. The van der Waals surface area contributed by atoms with Crippen LogP contribution >= 0.6 is 11.6 Å². The van der Waals surface area contributed by atoms with Gasteiger partial charge in [0.05, 0.1) is 5.39 Å². The van der Waals surface area contributed by atoms with Crippen LogP contribution in [0.4, 0.5) is 11.6 Å². The molecule has 25 heavy (non-hydrogen) atoms. The van der Waals surface area contributed by atoms with Crippen molar-refractivity contribution in [3.05, 3.63) is 76.4 Å². The maximum absolute atomic E-state index is 12.6. The quantitative estimate of drug-likeness (QED) is 0.588. The lowest BCUT2D eigenvalue weighted by Crippen LogP contribution is -2.13. The molecule has 0 aliphatic heterocycles. The highest BCUT2D eigenvalue weighted by atomic mass is 35.5. The topological polar surface area (TPSA) is 83.6 Å². The Balaban J connectivity index is 1.81. The summed E-state index contributed by atoms with van der Waals surface area (Å²) in [5.41, 5.74) is 2.51. The first kappa shape index (κ1) is 15.3. The van der Waals surface area contributed by atoms with Crippen molar-refractivity contribution in [2.24, 2.45) is 0 Å². The van der Waals surface area contributed by atoms with Gasteiger partial charge >= 0.3 is 0 Å². The number of nitrogens with one attached hydrogen (secondary N) is 2. The third-order valence-electron chi connectivity index (χ3n) is 3.71. The number of fused-ring (bicyclic) bond motifs is 1. The Morgan fingerprint density at radius 3 is 2.48 bits per heavy atom. The van der Waals surface area contributed by atoms with Gasteiger partial charge < -0.3 is 5.32 Å². The van der Waals surface area contributed by atoms with Gasteiger partial charge in [-0.15, -0.1) is 0 Å². The monoisotopic (exact) mass is 349 g/mol. The fraction of sp³-hybridized carbons (Fsp3) is 0. The van der Waals surface area contributed by atoms with Crippen LogP contribution in [0.25, 0.3) is 22.2 Å². The van der Waals surface area contributed by atoms with Gasteiger partial charge in [-0.05, 0) is 53.6 Å². The number of pyridine rings is 2. The van der Waals surface area contributed by atoms with Gasteiger partial charge in [-0.1, -0.05) is 11.6 Å². The molecule has 0 atom stereocenters. The van der Waals surface area contributed by atoms with Crippen molar-refractivity contribution in [3.8, 4) is 11.1 Å². The zero-order valence-electron chi connectivity index (χ0n) is 12.9. The summed E-state index contributed by atoms with van der Waals surface area (Å²) in [7, 11) is 0. The van der Waals surface area contributed by atoms with Crippen LogP contribution in [0.5, 0.6) is 0 Å². The lowest BCUT2D eigenvalue weighted by Gasteiger charge is -2.08. The second-order valence-corrected chi connectivity index (χ2v) is 5.78. The second-order valence-electron chi connectivity index (χ2n) is 5.34. The van der Waals surface area contributed by atoms with E-state index in [0.29, 0.717) is 22.0 Å². The number of hydrogen-bond acceptors (Lipinski definition) is 5. The molecule has 2 N–H and O–H groups in total. The molecule has 0 saturated heterocycles. The smallest absolute Gasteiger partial charge is 0.262 e. The summed E-state index contributed by atoms with van der Waals surface area (Å²) in [4.78, 5) is 28.0. The summed E-state index contributed by atoms with van der Waals surface area (Å²) < 4.78 is 0. The van der Waals surface area contributed by atoms with Crippen LogP contribution in [0.3, 0.4) is 0 Å². The minimum absolute atomic E-state index is 0.263. The fourth-order valence-electron chi connectivity index (χ4n) is 2.56. The van der Waals surface area contributed by atoms with Crippen molar-refractivity contribution in [2.75, 3.05) is 5.32 Å². The number of hydrogen-bond donors (Lipinski definition) is 2. The van der Waals surface area contributed by atoms with Gasteiger partial charge in [-0.25, -0.2) is 4.98 Å². The van der Waals surface area contributed by atoms with Crippen molar-refractivity contribution < 1.29 is 0 Å². The molecule has 4 aromatic rings. The van der Waals surface area contributed by atoms with Crippen molar-refractivity contribution >= 4 is 34.3 Å². The van der Waals surface area contributed by atoms with E-state index >= 15 is 0 Å². The van der Waals surface area contributed by atoms with Crippen LogP contribution < -0.4 is 10.9 Å². The molecule has 0 aliphatic carbocycles. The van der Waals surface area contributed by atoms with E-state index in [-0.39, 0.29) is 5.56 Å². The van der Waals surface area contributed by atoms with Gasteiger partial charge in [0.25, 0.3) is 5.56 Å². The Kier molecular flexibility index (Phi) is 3.87. The SMILES string of the molecule is O=c1[nH]c(Nc2ccc(Cl)cc2)nc2nccc(-c3ccncc3)c12. The molecule has 0 radical (unpaired) electrons. The Morgan fingerprint density at radius 1 is 0.960 bits per heavy atom. The van der Waals surface area contributed by atoms with Crippen molar-refractivity contribution in [3.63, 3.8) is 0 Å². The predicted molar refractivity (Wildman–Crippen MR) is 98.1 cm³/mol. The first-order valence-electron chi connectivity index (χ1n) is 7.53. The summed E-state index contributed by atoms with van der Waals surface area (Å²) in [6, 6.07) is 12.6. The fourth-order valence-corrected chi connectivity index (χ4v) is 2.69. The lowest BCUT2D eigenvalue weighted by molar-refractivity contribution is 1.14. The third-order valence-corrected chi connectivity index (χ3v) is 3.96. The summed E-state index contributed by atoms with van der Waals surface area (Å²) >= 11 is 5.88. The van der Waals surface area contributed by atoms with Crippen LogP contribution in [0.15, 0.2) is 65.8 Å². The van der Waals surface area contributed by atoms with E-state index in [1.807, 2.05) is 12.1 Å². The molecule has 0 saturated carbocycles. The normalized spacial score (nSPS) is 10.8. The number of halogens is 1. The maximum atomic E-state index is 12.6. The summed E-state index contributed by atoms with van der Waals surface area (Å²) in [5.74, 6) is 0.319. The van der Waals surface area contributed by atoms with Crippen LogP contribution in [0.1, 0.15) is 0 Å². The summed E-state index contributed by atoms with van der Waals surface area (Å²) in [6.45, 7) is 0. The molecular weight excluding hydrogens is 338 g/mol. The Labute approximate surface area is 147 Å². The number of aromatic nitrogens is 4. The maximum Gasteiger partial charge on any atom is 0.262 e. The number of anilines is 2. The molecule has 0 aliphatic rings. The van der Waals surface area contributed by atoms with Crippen LogP contribution in [-0.2, 0) is 0 Å². The molecule has 0 amide bonds. The van der Waals surface area contributed by atoms with Crippen LogP contribution in [-0.4, -0.2) is 19.9 Å². The molecule has 0 spiro atoms. The number of rotatable bonds is 3. The minimum Gasteiger partial charge on any atom is -0.326 e. The number of benzene rings is 1. The molecule has 0 fully saturated rings. The van der Waals surface area contributed by atoms with Crippen molar-refractivity contribution in [1.29, 1.82) is 0 Å². The largest absolute Gasteiger partial charge is 0.326 e. The Hall–Kier alpha value is -3.25. The molecule has 122 valence electrons. The van der Waals surface area contributed by atoms with E-state index in [4.69, 9.17) is 11.6 Å².